The third-order valence-electron chi connectivity index (χ3n) is 5.14. The number of amides is 2. The lowest BCUT2D eigenvalue weighted by Gasteiger charge is -2.32. The molecule has 2 amide bonds. The van der Waals surface area contributed by atoms with Crippen molar-refractivity contribution in [2.24, 2.45) is 11.8 Å². The second kappa shape index (κ2) is 8.29. The fraction of sp³-hybridized carbons (Fsp3) is 0.579. The van der Waals surface area contributed by atoms with Crippen molar-refractivity contribution in [2.75, 3.05) is 26.2 Å². The van der Waals surface area contributed by atoms with E-state index in [4.69, 9.17) is 0 Å². The predicted octanol–water partition coefficient (Wildman–Crippen LogP) is 1.54. The first-order valence-electron chi connectivity index (χ1n) is 9.01. The molecule has 0 radical (unpaired) electrons. The van der Waals surface area contributed by atoms with Crippen LogP contribution in [-0.2, 0) is 16.1 Å². The number of carbonyl (C=O) groups excluding carboxylic acids is 2. The summed E-state index contributed by atoms with van der Waals surface area (Å²) in [6.45, 7) is 4.55. The second-order valence-corrected chi connectivity index (χ2v) is 6.99. The molecular formula is C19H27N3O2. The van der Waals surface area contributed by atoms with Gasteiger partial charge in [0.15, 0.2) is 0 Å². The van der Waals surface area contributed by atoms with E-state index in [1.807, 2.05) is 6.07 Å². The Hall–Kier alpha value is -1.88. The number of rotatable bonds is 5. The Labute approximate surface area is 143 Å². The summed E-state index contributed by atoms with van der Waals surface area (Å²) in [5.41, 5.74) is 1.36. The minimum atomic E-state index is -0.142. The van der Waals surface area contributed by atoms with E-state index in [1.165, 1.54) is 5.56 Å². The maximum Gasteiger partial charge on any atom is 0.223 e. The molecule has 0 aromatic heterocycles. The number of likely N-dealkylation sites (tertiary alicyclic amines) is 1. The van der Waals surface area contributed by atoms with Crippen molar-refractivity contribution in [1.82, 2.24) is 15.5 Å². The molecule has 2 aliphatic heterocycles. The van der Waals surface area contributed by atoms with E-state index in [0.717, 1.165) is 45.4 Å². The van der Waals surface area contributed by atoms with Crippen LogP contribution in [0.4, 0.5) is 0 Å². The first-order chi connectivity index (χ1) is 11.7. The third-order valence-corrected chi connectivity index (χ3v) is 5.14. The van der Waals surface area contributed by atoms with Crippen LogP contribution in [0, 0.1) is 11.8 Å². The average Bonchev–Trinajstić information content (AvgIpc) is 2.62. The van der Waals surface area contributed by atoms with Crippen LogP contribution in [0.3, 0.4) is 0 Å². The Morgan fingerprint density at radius 3 is 2.62 bits per heavy atom. The molecule has 24 heavy (non-hydrogen) atoms. The number of carbonyl (C=O) groups is 2. The lowest BCUT2D eigenvalue weighted by Crippen LogP contribution is -2.43. The van der Waals surface area contributed by atoms with Crippen LogP contribution in [0.1, 0.15) is 31.2 Å². The molecule has 0 bridgehead atoms. The van der Waals surface area contributed by atoms with E-state index in [1.54, 1.807) is 0 Å². The van der Waals surface area contributed by atoms with Crippen LogP contribution in [-0.4, -0.2) is 42.9 Å². The van der Waals surface area contributed by atoms with Crippen molar-refractivity contribution in [3.05, 3.63) is 35.9 Å². The Kier molecular flexibility index (Phi) is 5.86. The summed E-state index contributed by atoms with van der Waals surface area (Å²) in [7, 11) is 0. The molecule has 1 atom stereocenters. The van der Waals surface area contributed by atoms with Gasteiger partial charge in [0.25, 0.3) is 0 Å². The molecule has 0 saturated carbocycles. The zero-order valence-electron chi connectivity index (χ0n) is 14.2. The van der Waals surface area contributed by atoms with E-state index in [2.05, 4.69) is 39.8 Å². The zero-order valence-corrected chi connectivity index (χ0v) is 14.2. The van der Waals surface area contributed by atoms with Gasteiger partial charge in [-0.15, -0.1) is 0 Å². The lowest BCUT2D eigenvalue weighted by molar-refractivity contribution is -0.132. The number of nitrogens with one attached hydrogen (secondary N) is 2. The molecule has 5 nitrogen and oxygen atoms in total. The molecule has 2 saturated heterocycles. The molecular weight excluding hydrogens is 302 g/mol. The normalized spacial score (nSPS) is 22.8. The van der Waals surface area contributed by atoms with Crippen LogP contribution in [0.15, 0.2) is 30.3 Å². The highest BCUT2D eigenvalue weighted by Crippen LogP contribution is 2.19. The molecule has 1 unspecified atom stereocenters. The van der Waals surface area contributed by atoms with Gasteiger partial charge in [-0.1, -0.05) is 30.3 Å². The minimum Gasteiger partial charge on any atom is -0.356 e. The maximum absolute atomic E-state index is 12.2. The number of piperidine rings is 2. The summed E-state index contributed by atoms with van der Waals surface area (Å²) in [6, 6.07) is 10.6. The molecule has 1 aromatic carbocycles. The monoisotopic (exact) mass is 329 g/mol. The molecule has 2 fully saturated rings. The topological polar surface area (TPSA) is 61.4 Å². The summed E-state index contributed by atoms with van der Waals surface area (Å²) < 4.78 is 0. The Bertz CT molecular complexity index is 553. The molecule has 2 heterocycles. The van der Waals surface area contributed by atoms with Crippen LogP contribution in [0.2, 0.25) is 0 Å². The Morgan fingerprint density at radius 1 is 1.17 bits per heavy atom. The van der Waals surface area contributed by atoms with Gasteiger partial charge in [0.05, 0.1) is 0 Å². The van der Waals surface area contributed by atoms with Gasteiger partial charge in [-0.25, -0.2) is 0 Å². The molecule has 2 N–H and O–H groups in total. The zero-order chi connectivity index (χ0) is 16.8. The molecule has 3 rings (SSSR count). The van der Waals surface area contributed by atoms with E-state index in [-0.39, 0.29) is 17.7 Å². The predicted molar refractivity (Wildman–Crippen MR) is 93.2 cm³/mol. The highest BCUT2D eigenvalue weighted by Gasteiger charge is 2.26. The van der Waals surface area contributed by atoms with Gasteiger partial charge in [-0.3, -0.25) is 14.5 Å². The number of nitrogens with zero attached hydrogens (tertiary/aromatic N) is 1. The lowest BCUT2D eigenvalue weighted by atomic mass is 9.94. The standard InChI is InChI=1S/C19H27N3O2/c23-18-12-17(6-9-20-18)19(24)21-13-15-7-10-22(11-8-15)14-16-4-2-1-3-5-16/h1-5,15,17H,6-14H2,(H,20,23)(H,21,24). The third kappa shape index (κ3) is 4.81. The fourth-order valence-electron chi connectivity index (χ4n) is 3.59. The van der Waals surface area contributed by atoms with Gasteiger partial charge >= 0.3 is 0 Å². The Morgan fingerprint density at radius 2 is 1.92 bits per heavy atom. The minimum absolute atomic E-state index is 0.00406. The van der Waals surface area contributed by atoms with E-state index >= 15 is 0 Å². The molecule has 5 heteroatoms. The van der Waals surface area contributed by atoms with Crippen molar-refractivity contribution < 1.29 is 9.59 Å². The summed E-state index contributed by atoms with van der Waals surface area (Å²) >= 11 is 0. The Balaban J connectivity index is 1.36. The van der Waals surface area contributed by atoms with E-state index in [9.17, 15) is 9.59 Å². The van der Waals surface area contributed by atoms with Crippen LogP contribution in [0.5, 0.6) is 0 Å². The van der Waals surface area contributed by atoms with E-state index < -0.39 is 0 Å². The van der Waals surface area contributed by atoms with Crippen LogP contribution < -0.4 is 10.6 Å². The quantitative estimate of drug-likeness (QED) is 0.861. The van der Waals surface area contributed by atoms with Gasteiger partial charge in [0, 0.05) is 32.0 Å². The molecule has 0 aliphatic carbocycles. The number of hydrogen-bond acceptors (Lipinski definition) is 3. The summed E-state index contributed by atoms with van der Waals surface area (Å²) in [6.07, 6.45) is 3.34. The summed E-state index contributed by atoms with van der Waals surface area (Å²) in [4.78, 5) is 26.0. The van der Waals surface area contributed by atoms with Gasteiger partial charge in [0.2, 0.25) is 11.8 Å². The first kappa shape index (κ1) is 17.0. The summed E-state index contributed by atoms with van der Waals surface area (Å²) in [5.74, 6) is 0.461. The molecule has 1 aromatic rings. The fourth-order valence-corrected chi connectivity index (χ4v) is 3.59. The van der Waals surface area contributed by atoms with Gasteiger partial charge in [-0.2, -0.15) is 0 Å². The van der Waals surface area contributed by atoms with Crippen LogP contribution >= 0.6 is 0 Å². The maximum atomic E-state index is 12.2. The summed E-state index contributed by atoms with van der Waals surface area (Å²) in [5, 5.41) is 5.84. The highest BCUT2D eigenvalue weighted by atomic mass is 16.2. The van der Waals surface area contributed by atoms with Gasteiger partial charge < -0.3 is 10.6 Å². The van der Waals surface area contributed by atoms with Crippen molar-refractivity contribution in [3.8, 4) is 0 Å². The van der Waals surface area contributed by atoms with Crippen molar-refractivity contribution in [3.63, 3.8) is 0 Å². The molecule has 0 spiro atoms. The second-order valence-electron chi connectivity index (χ2n) is 6.99. The van der Waals surface area contributed by atoms with Crippen LogP contribution in [0.25, 0.3) is 0 Å². The smallest absolute Gasteiger partial charge is 0.223 e. The largest absolute Gasteiger partial charge is 0.356 e. The van der Waals surface area contributed by atoms with E-state index in [0.29, 0.717) is 18.9 Å². The van der Waals surface area contributed by atoms with Gasteiger partial charge in [0.1, 0.15) is 0 Å². The van der Waals surface area contributed by atoms with Crippen molar-refractivity contribution >= 4 is 11.8 Å². The van der Waals surface area contributed by atoms with Crippen molar-refractivity contribution in [2.45, 2.75) is 32.2 Å². The average molecular weight is 329 g/mol. The first-order valence-corrected chi connectivity index (χ1v) is 9.01. The highest BCUT2D eigenvalue weighted by molar-refractivity contribution is 5.86. The molecule has 130 valence electrons. The van der Waals surface area contributed by atoms with Gasteiger partial charge in [-0.05, 0) is 43.8 Å². The number of benzene rings is 1. The number of hydrogen-bond donors (Lipinski definition) is 2. The van der Waals surface area contributed by atoms with Crippen molar-refractivity contribution in [1.29, 1.82) is 0 Å². The SMILES string of the molecule is O=C1CC(C(=O)NCC2CCN(Cc3ccccc3)CC2)CCN1. The molecule has 2 aliphatic rings.